The Labute approximate surface area is 147 Å². The lowest BCUT2D eigenvalue weighted by molar-refractivity contribution is 0.621. The smallest absolute Gasteiger partial charge is 0.187 e. The van der Waals surface area contributed by atoms with Crippen LogP contribution in [0.3, 0.4) is 0 Å². The SMILES string of the molecule is CCc1nc2cnc(C)c(C)c2n1CCCCSc1ncccn1. The molecule has 126 valence electrons. The maximum absolute atomic E-state index is 4.75. The summed E-state index contributed by atoms with van der Waals surface area (Å²) in [5, 5.41) is 0.859. The average Bonchev–Trinajstić information content (AvgIpc) is 2.97. The second kappa shape index (κ2) is 7.75. The van der Waals surface area contributed by atoms with Crippen molar-refractivity contribution in [1.82, 2.24) is 24.5 Å². The van der Waals surface area contributed by atoms with Crippen LogP contribution < -0.4 is 0 Å². The lowest BCUT2D eigenvalue weighted by Gasteiger charge is -2.10. The summed E-state index contributed by atoms with van der Waals surface area (Å²) >= 11 is 1.72. The van der Waals surface area contributed by atoms with Gasteiger partial charge in [-0.2, -0.15) is 0 Å². The molecule has 0 spiro atoms. The van der Waals surface area contributed by atoms with E-state index in [1.807, 2.05) is 12.3 Å². The third-order valence-corrected chi connectivity index (χ3v) is 5.18. The van der Waals surface area contributed by atoms with Gasteiger partial charge in [-0.25, -0.2) is 15.0 Å². The van der Waals surface area contributed by atoms with E-state index in [4.69, 9.17) is 4.98 Å². The Morgan fingerprint density at radius 3 is 2.62 bits per heavy atom. The van der Waals surface area contributed by atoms with Crippen molar-refractivity contribution in [2.24, 2.45) is 0 Å². The van der Waals surface area contributed by atoms with Crippen LogP contribution >= 0.6 is 11.8 Å². The monoisotopic (exact) mass is 341 g/mol. The van der Waals surface area contributed by atoms with Crippen molar-refractivity contribution in [3.8, 4) is 0 Å². The van der Waals surface area contributed by atoms with Crippen molar-refractivity contribution in [2.75, 3.05) is 5.75 Å². The normalized spacial score (nSPS) is 11.3. The largest absolute Gasteiger partial charge is 0.328 e. The molecule has 3 aromatic heterocycles. The minimum Gasteiger partial charge on any atom is -0.328 e. The highest BCUT2D eigenvalue weighted by Crippen LogP contribution is 2.23. The van der Waals surface area contributed by atoms with Gasteiger partial charge in [-0.05, 0) is 38.3 Å². The lowest BCUT2D eigenvalue weighted by Crippen LogP contribution is -2.05. The molecule has 24 heavy (non-hydrogen) atoms. The Bertz CT molecular complexity index is 813. The molecule has 0 fully saturated rings. The molecule has 5 nitrogen and oxygen atoms in total. The van der Waals surface area contributed by atoms with E-state index in [-0.39, 0.29) is 0 Å². The van der Waals surface area contributed by atoms with Crippen LogP contribution in [0.1, 0.15) is 36.8 Å². The van der Waals surface area contributed by atoms with E-state index in [0.717, 1.165) is 53.8 Å². The first-order valence-electron chi connectivity index (χ1n) is 8.41. The van der Waals surface area contributed by atoms with Gasteiger partial charge in [0.1, 0.15) is 11.3 Å². The quantitative estimate of drug-likeness (QED) is 0.370. The maximum Gasteiger partial charge on any atom is 0.187 e. The van der Waals surface area contributed by atoms with Gasteiger partial charge in [-0.15, -0.1) is 0 Å². The third kappa shape index (κ3) is 3.59. The molecule has 0 aromatic carbocycles. The number of hydrogen-bond acceptors (Lipinski definition) is 5. The molecular weight excluding hydrogens is 318 g/mol. The molecular formula is C18H23N5S. The van der Waals surface area contributed by atoms with Crippen LogP contribution in [0.15, 0.2) is 29.8 Å². The Morgan fingerprint density at radius 2 is 1.88 bits per heavy atom. The molecule has 0 amide bonds. The van der Waals surface area contributed by atoms with E-state index in [0.29, 0.717) is 0 Å². The summed E-state index contributed by atoms with van der Waals surface area (Å²) in [6.45, 7) is 7.37. The minimum absolute atomic E-state index is 0.859. The Morgan fingerprint density at radius 1 is 1.08 bits per heavy atom. The van der Waals surface area contributed by atoms with Gasteiger partial charge in [0.05, 0.1) is 11.7 Å². The van der Waals surface area contributed by atoms with E-state index in [1.54, 1.807) is 24.2 Å². The van der Waals surface area contributed by atoms with Crippen LogP contribution in [0.5, 0.6) is 0 Å². The number of rotatable bonds is 7. The molecule has 0 atom stereocenters. The van der Waals surface area contributed by atoms with Gasteiger partial charge >= 0.3 is 0 Å². The molecule has 0 radical (unpaired) electrons. The molecule has 0 unspecified atom stereocenters. The highest BCUT2D eigenvalue weighted by Gasteiger charge is 2.13. The first-order valence-corrected chi connectivity index (χ1v) is 9.40. The standard InChI is InChI=1S/C18H23N5S/c1-4-16-22-15-12-21-14(3)13(2)17(15)23(16)10-5-6-11-24-18-19-8-7-9-20-18/h7-9,12H,4-6,10-11H2,1-3H3. The van der Waals surface area contributed by atoms with Crippen molar-refractivity contribution in [3.63, 3.8) is 0 Å². The number of aryl methyl sites for hydroxylation is 4. The van der Waals surface area contributed by atoms with E-state index in [2.05, 4.69) is 40.3 Å². The van der Waals surface area contributed by atoms with E-state index < -0.39 is 0 Å². The van der Waals surface area contributed by atoms with Gasteiger partial charge in [-0.1, -0.05) is 18.7 Å². The predicted molar refractivity (Wildman–Crippen MR) is 98.4 cm³/mol. The molecule has 0 bridgehead atoms. The van der Waals surface area contributed by atoms with E-state index >= 15 is 0 Å². The lowest BCUT2D eigenvalue weighted by atomic mass is 10.2. The Balaban J connectivity index is 1.65. The molecule has 0 N–H and O–H groups in total. The topological polar surface area (TPSA) is 56.5 Å². The Kier molecular flexibility index (Phi) is 5.45. The number of pyridine rings is 1. The fourth-order valence-corrected chi connectivity index (χ4v) is 3.64. The molecule has 0 saturated heterocycles. The first-order chi connectivity index (χ1) is 11.7. The Hall–Kier alpha value is -1.95. The number of nitrogens with zero attached hydrogens (tertiary/aromatic N) is 5. The number of unbranched alkanes of at least 4 members (excludes halogenated alkanes) is 1. The van der Waals surface area contributed by atoms with Crippen LogP contribution in [0, 0.1) is 13.8 Å². The van der Waals surface area contributed by atoms with E-state index in [1.165, 1.54) is 11.1 Å². The predicted octanol–water partition coefficient (Wildman–Crippen LogP) is 3.97. The van der Waals surface area contributed by atoms with Crippen molar-refractivity contribution < 1.29 is 0 Å². The average molecular weight is 341 g/mol. The second-order valence-electron chi connectivity index (χ2n) is 5.82. The fourth-order valence-electron chi connectivity index (χ4n) is 2.84. The van der Waals surface area contributed by atoms with Crippen molar-refractivity contribution >= 4 is 22.8 Å². The zero-order chi connectivity index (χ0) is 16.9. The first kappa shape index (κ1) is 16.9. The van der Waals surface area contributed by atoms with Gasteiger partial charge in [0.25, 0.3) is 0 Å². The van der Waals surface area contributed by atoms with Gasteiger partial charge < -0.3 is 4.57 Å². The summed E-state index contributed by atoms with van der Waals surface area (Å²) in [7, 11) is 0. The summed E-state index contributed by atoms with van der Waals surface area (Å²) in [4.78, 5) is 17.7. The fraction of sp³-hybridized carbons (Fsp3) is 0.444. The van der Waals surface area contributed by atoms with Gasteiger partial charge in [0.15, 0.2) is 5.16 Å². The summed E-state index contributed by atoms with van der Waals surface area (Å²) in [5.74, 6) is 2.19. The molecule has 0 saturated carbocycles. The minimum atomic E-state index is 0.859. The van der Waals surface area contributed by atoms with Crippen LogP contribution in [0.2, 0.25) is 0 Å². The van der Waals surface area contributed by atoms with Crippen LogP contribution in [0.4, 0.5) is 0 Å². The molecule has 0 aliphatic carbocycles. The number of imidazole rings is 1. The van der Waals surface area contributed by atoms with Crippen molar-refractivity contribution in [3.05, 3.63) is 41.7 Å². The molecule has 6 heteroatoms. The van der Waals surface area contributed by atoms with Crippen molar-refractivity contribution in [2.45, 2.75) is 51.7 Å². The maximum atomic E-state index is 4.75. The van der Waals surface area contributed by atoms with Crippen molar-refractivity contribution in [1.29, 1.82) is 0 Å². The highest BCUT2D eigenvalue weighted by atomic mass is 32.2. The number of aromatic nitrogens is 5. The molecule has 3 aromatic rings. The molecule has 3 heterocycles. The molecule has 0 aliphatic rings. The molecule has 0 aliphatic heterocycles. The highest BCUT2D eigenvalue weighted by molar-refractivity contribution is 7.99. The van der Waals surface area contributed by atoms with Gasteiger partial charge in [0, 0.05) is 36.8 Å². The zero-order valence-corrected chi connectivity index (χ0v) is 15.3. The summed E-state index contributed by atoms with van der Waals surface area (Å²) in [6.07, 6.45) is 8.68. The number of hydrogen-bond donors (Lipinski definition) is 0. The number of fused-ring (bicyclic) bond motifs is 1. The van der Waals surface area contributed by atoms with Crippen LogP contribution in [-0.2, 0) is 13.0 Å². The summed E-state index contributed by atoms with van der Waals surface area (Å²) in [6, 6.07) is 1.85. The zero-order valence-electron chi connectivity index (χ0n) is 14.5. The number of thioether (sulfide) groups is 1. The van der Waals surface area contributed by atoms with E-state index in [9.17, 15) is 0 Å². The van der Waals surface area contributed by atoms with Gasteiger partial charge in [-0.3, -0.25) is 4.98 Å². The third-order valence-electron chi connectivity index (χ3n) is 4.22. The summed E-state index contributed by atoms with van der Waals surface area (Å²) < 4.78 is 2.38. The van der Waals surface area contributed by atoms with Crippen LogP contribution in [0.25, 0.3) is 11.0 Å². The van der Waals surface area contributed by atoms with Crippen LogP contribution in [-0.4, -0.2) is 30.3 Å². The second-order valence-corrected chi connectivity index (χ2v) is 6.88. The van der Waals surface area contributed by atoms with Gasteiger partial charge in [0.2, 0.25) is 0 Å². The molecule has 3 rings (SSSR count). The summed E-state index contributed by atoms with van der Waals surface area (Å²) in [5.41, 5.74) is 4.59.